The maximum absolute atomic E-state index is 12.2. The van der Waals surface area contributed by atoms with Crippen LogP contribution in [-0.4, -0.2) is 23.0 Å². The van der Waals surface area contributed by atoms with Crippen LogP contribution in [0.5, 0.6) is 0 Å². The number of nitrogens with one attached hydrogen (secondary N) is 1. The molecule has 1 saturated carbocycles. The van der Waals surface area contributed by atoms with Gasteiger partial charge in [-0.05, 0) is 24.3 Å². The van der Waals surface area contributed by atoms with Crippen molar-refractivity contribution in [3.8, 4) is 0 Å². The summed E-state index contributed by atoms with van der Waals surface area (Å²) in [6, 6.07) is 3.13. The van der Waals surface area contributed by atoms with Gasteiger partial charge in [0.15, 0.2) is 0 Å². The summed E-state index contributed by atoms with van der Waals surface area (Å²) in [4.78, 5) is 23.9. The van der Waals surface area contributed by atoms with E-state index >= 15 is 0 Å². The maximum atomic E-state index is 12.2. The zero-order valence-electron chi connectivity index (χ0n) is 10.5. The minimum Gasteiger partial charge on any atom is -0.481 e. The lowest BCUT2D eigenvalue weighted by atomic mass is 10.0. The van der Waals surface area contributed by atoms with Gasteiger partial charge in [0.05, 0.1) is 18.4 Å². The highest BCUT2D eigenvalue weighted by Crippen LogP contribution is 2.27. The molecule has 0 aromatic carbocycles. The third-order valence-electron chi connectivity index (χ3n) is 3.49. The summed E-state index contributed by atoms with van der Waals surface area (Å²) in [6.07, 6.45) is 2.51. The monoisotopic (exact) mass is 282 g/mol. The lowest BCUT2D eigenvalue weighted by Gasteiger charge is -2.20. The molecule has 3 atom stereocenters. The second-order valence-corrected chi connectivity index (χ2v) is 5.85. The lowest BCUT2D eigenvalue weighted by Crippen LogP contribution is -2.40. The van der Waals surface area contributed by atoms with Crippen LogP contribution in [0.2, 0.25) is 0 Å². The van der Waals surface area contributed by atoms with Crippen LogP contribution in [0.15, 0.2) is 17.5 Å². The number of carbonyl (C=O) groups is 2. The number of carbonyl (C=O) groups excluding carboxylic acids is 1. The van der Waals surface area contributed by atoms with E-state index in [1.165, 1.54) is 11.3 Å². The molecule has 2 rings (SSSR count). The van der Waals surface area contributed by atoms with E-state index in [0.717, 1.165) is 24.1 Å². The van der Waals surface area contributed by atoms with Gasteiger partial charge in [0, 0.05) is 10.9 Å². The van der Waals surface area contributed by atoms with Crippen molar-refractivity contribution in [2.45, 2.75) is 37.8 Å². The van der Waals surface area contributed by atoms with Crippen molar-refractivity contribution >= 4 is 23.2 Å². The Bertz CT molecular complexity index is 447. The molecule has 6 heteroatoms. The van der Waals surface area contributed by atoms with Crippen molar-refractivity contribution < 1.29 is 14.7 Å². The molecule has 1 fully saturated rings. The average molecular weight is 282 g/mol. The summed E-state index contributed by atoms with van der Waals surface area (Å²) < 4.78 is 0. The smallest absolute Gasteiger partial charge is 0.305 e. The van der Waals surface area contributed by atoms with E-state index in [4.69, 9.17) is 10.8 Å². The summed E-state index contributed by atoms with van der Waals surface area (Å²) in [6.45, 7) is 0. The van der Waals surface area contributed by atoms with Crippen LogP contribution < -0.4 is 11.1 Å². The van der Waals surface area contributed by atoms with Crippen molar-refractivity contribution in [2.24, 2.45) is 11.7 Å². The Kier molecular flexibility index (Phi) is 4.55. The van der Waals surface area contributed by atoms with Crippen molar-refractivity contribution in [1.82, 2.24) is 5.32 Å². The van der Waals surface area contributed by atoms with Crippen LogP contribution in [-0.2, 0) is 9.59 Å². The van der Waals surface area contributed by atoms with Crippen molar-refractivity contribution in [1.29, 1.82) is 0 Å². The van der Waals surface area contributed by atoms with Crippen LogP contribution in [0, 0.1) is 5.92 Å². The molecule has 104 valence electrons. The molecule has 0 aliphatic heterocycles. The van der Waals surface area contributed by atoms with E-state index < -0.39 is 12.0 Å². The fraction of sp³-hybridized carbons (Fsp3) is 0.538. The van der Waals surface area contributed by atoms with E-state index in [0.29, 0.717) is 0 Å². The minimum absolute atomic E-state index is 0.103. The third-order valence-corrected chi connectivity index (χ3v) is 4.47. The first-order chi connectivity index (χ1) is 9.08. The summed E-state index contributed by atoms with van der Waals surface area (Å²) >= 11 is 1.45. The minimum atomic E-state index is -0.922. The van der Waals surface area contributed by atoms with Gasteiger partial charge < -0.3 is 16.2 Å². The van der Waals surface area contributed by atoms with Gasteiger partial charge in [0.1, 0.15) is 0 Å². The molecule has 1 aromatic rings. The predicted octanol–water partition coefficient (Wildman–Crippen LogP) is 1.51. The highest BCUT2D eigenvalue weighted by molar-refractivity contribution is 7.10. The Labute approximate surface area is 115 Å². The van der Waals surface area contributed by atoms with E-state index in [9.17, 15) is 9.59 Å². The topological polar surface area (TPSA) is 92.4 Å². The van der Waals surface area contributed by atoms with E-state index in [2.05, 4.69) is 5.32 Å². The van der Waals surface area contributed by atoms with Crippen LogP contribution >= 0.6 is 11.3 Å². The van der Waals surface area contributed by atoms with Gasteiger partial charge in [-0.3, -0.25) is 9.59 Å². The zero-order chi connectivity index (χ0) is 13.8. The van der Waals surface area contributed by atoms with Crippen LogP contribution in [0.1, 0.15) is 36.6 Å². The second-order valence-electron chi connectivity index (χ2n) is 4.88. The van der Waals surface area contributed by atoms with Gasteiger partial charge in [-0.2, -0.15) is 0 Å². The summed E-state index contributed by atoms with van der Waals surface area (Å²) in [5, 5.41) is 13.6. The van der Waals surface area contributed by atoms with Crippen LogP contribution in [0.3, 0.4) is 0 Å². The fourth-order valence-electron chi connectivity index (χ4n) is 2.48. The molecule has 0 radical (unpaired) electrons. The predicted molar refractivity (Wildman–Crippen MR) is 72.8 cm³/mol. The Morgan fingerprint density at radius 2 is 2.32 bits per heavy atom. The number of hydrogen-bond acceptors (Lipinski definition) is 4. The molecule has 1 amide bonds. The Morgan fingerprint density at radius 3 is 2.84 bits per heavy atom. The zero-order valence-corrected chi connectivity index (χ0v) is 11.4. The van der Waals surface area contributed by atoms with Gasteiger partial charge >= 0.3 is 5.97 Å². The highest BCUT2D eigenvalue weighted by Gasteiger charge is 2.32. The van der Waals surface area contributed by atoms with E-state index in [1.54, 1.807) is 0 Å². The molecule has 0 saturated heterocycles. The van der Waals surface area contributed by atoms with Gasteiger partial charge in [-0.25, -0.2) is 0 Å². The number of carboxylic acids is 1. The first-order valence-electron chi connectivity index (χ1n) is 6.39. The first kappa shape index (κ1) is 14.0. The molecule has 4 N–H and O–H groups in total. The second kappa shape index (κ2) is 6.16. The Hall–Kier alpha value is -1.40. The van der Waals surface area contributed by atoms with Crippen LogP contribution in [0.4, 0.5) is 0 Å². The highest BCUT2D eigenvalue weighted by atomic mass is 32.1. The Morgan fingerprint density at radius 1 is 1.53 bits per heavy atom. The average Bonchev–Trinajstić information content (AvgIpc) is 2.97. The number of thiophene rings is 1. The normalized spacial score (nSPS) is 24.1. The van der Waals surface area contributed by atoms with Gasteiger partial charge in [0.2, 0.25) is 5.91 Å². The van der Waals surface area contributed by atoms with Crippen molar-refractivity contribution in [3.63, 3.8) is 0 Å². The van der Waals surface area contributed by atoms with E-state index in [1.807, 2.05) is 17.5 Å². The molecule has 1 aliphatic carbocycles. The molecule has 1 heterocycles. The fourth-order valence-corrected chi connectivity index (χ4v) is 3.26. The molecular formula is C13H18N2O3S. The molecular weight excluding hydrogens is 264 g/mol. The van der Waals surface area contributed by atoms with Gasteiger partial charge in [0.25, 0.3) is 0 Å². The molecule has 3 unspecified atom stereocenters. The number of aliphatic carboxylic acids is 1. The van der Waals surface area contributed by atoms with E-state index in [-0.39, 0.29) is 24.3 Å². The van der Waals surface area contributed by atoms with Crippen molar-refractivity contribution in [2.75, 3.05) is 0 Å². The third kappa shape index (κ3) is 3.54. The number of amides is 1. The number of carboxylic acid groups (broad SMARTS) is 1. The number of hydrogen-bond donors (Lipinski definition) is 3. The van der Waals surface area contributed by atoms with Crippen molar-refractivity contribution in [3.05, 3.63) is 22.4 Å². The molecule has 19 heavy (non-hydrogen) atoms. The van der Waals surface area contributed by atoms with Gasteiger partial charge in [-0.15, -0.1) is 11.3 Å². The summed E-state index contributed by atoms with van der Waals surface area (Å²) in [5.74, 6) is -1.23. The molecule has 1 aromatic heterocycles. The summed E-state index contributed by atoms with van der Waals surface area (Å²) in [7, 11) is 0. The standard InChI is InChI=1S/C13H18N2O3S/c14-9-4-1-3-8(9)13(18)15-10(7-12(16)17)11-5-2-6-19-11/h2,5-6,8-10H,1,3-4,7,14H2,(H,15,18)(H,16,17). The Balaban J connectivity index is 2.03. The molecule has 0 spiro atoms. The number of rotatable bonds is 5. The number of nitrogens with two attached hydrogens (primary N) is 1. The van der Waals surface area contributed by atoms with Gasteiger partial charge in [-0.1, -0.05) is 12.5 Å². The lowest BCUT2D eigenvalue weighted by molar-refractivity contribution is -0.137. The molecule has 1 aliphatic rings. The SMILES string of the molecule is NC1CCCC1C(=O)NC(CC(=O)O)c1cccs1. The molecule has 5 nitrogen and oxygen atoms in total. The summed E-state index contributed by atoms with van der Waals surface area (Å²) in [5.41, 5.74) is 5.90. The first-order valence-corrected chi connectivity index (χ1v) is 7.27. The quantitative estimate of drug-likeness (QED) is 0.763. The molecule has 0 bridgehead atoms. The van der Waals surface area contributed by atoms with Crippen LogP contribution in [0.25, 0.3) is 0 Å². The maximum Gasteiger partial charge on any atom is 0.305 e. The largest absolute Gasteiger partial charge is 0.481 e.